The normalized spacial score (nSPS) is 23.2. The lowest BCUT2D eigenvalue weighted by Gasteiger charge is -2.22. The van der Waals surface area contributed by atoms with Gasteiger partial charge in [0.2, 0.25) is 17.7 Å². The molecular formula is C20H21N3O3S. The number of fused-ring (bicyclic) bond motifs is 1. The Balaban J connectivity index is 1.45. The molecule has 27 heavy (non-hydrogen) atoms. The molecule has 3 unspecified atom stereocenters. The summed E-state index contributed by atoms with van der Waals surface area (Å²) < 4.78 is 0. The molecule has 0 spiro atoms. The Morgan fingerprint density at radius 1 is 1.15 bits per heavy atom. The second-order valence-electron chi connectivity index (χ2n) is 7.12. The van der Waals surface area contributed by atoms with E-state index < -0.39 is 6.04 Å². The minimum absolute atomic E-state index is 0.188. The van der Waals surface area contributed by atoms with Gasteiger partial charge in [-0.2, -0.15) is 0 Å². The maximum atomic E-state index is 12.6. The van der Waals surface area contributed by atoms with Crippen molar-refractivity contribution in [2.24, 2.45) is 11.8 Å². The maximum absolute atomic E-state index is 12.6. The van der Waals surface area contributed by atoms with Crippen LogP contribution in [0.1, 0.15) is 32.6 Å². The lowest BCUT2D eigenvalue weighted by molar-refractivity contribution is -0.146. The van der Waals surface area contributed by atoms with Crippen molar-refractivity contribution in [3.05, 3.63) is 35.8 Å². The summed E-state index contributed by atoms with van der Waals surface area (Å²) in [6.45, 7) is 1.62. The van der Waals surface area contributed by atoms with Gasteiger partial charge in [0.25, 0.3) is 0 Å². The third-order valence-corrected chi connectivity index (χ3v) is 6.30. The molecule has 1 aromatic heterocycles. The molecule has 1 aliphatic heterocycles. The number of benzene rings is 1. The van der Waals surface area contributed by atoms with Crippen molar-refractivity contribution in [3.8, 4) is 10.6 Å². The van der Waals surface area contributed by atoms with E-state index in [1.165, 1.54) is 4.90 Å². The average molecular weight is 383 g/mol. The number of carbonyl (C=O) groups excluding carboxylic acids is 3. The van der Waals surface area contributed by atoms with Crippen LogP contribution in [-0.4, -0.2) is 33.6 Å². The molecular weight excluding hydrogens is 362 g/mol. The van der Waals surface area contributed by atoms with Gasteiger partial charge >= 0.3 is 0 Å². The van der Waals surface area contributed by atoms with Gasteiger partial charge in [0.1, 0.15) is 11.0 Å². The second kappa shape index (κ2) is 7.23. The number of rotatable bonds is 4. The number of nitrogens with zero attached hydrogens (tertiary/aromatic N) is 2. The highest BCUT2D eigenvalue weighted by molar-refractivity contribution is 7.13. The van der Waals surface area contributed by atoms with E-state index in [2.05, 4.69) is 10.3 Å². The SMILES string of the molecule is CC(C(=O)Nc1ccc(-c2nccs2)cc1)N1C(=O)C2CCCCC2C1=O. The number of thiazole rings is 1. The molecule has 0 bridgehead atoms. The molecule has 2 aromatic rings. The quantitative estimate of drug-likeness (QED) is 0.822. The highest BCUT2D eigenvalue weighted by Gasteiger charge is 2.50. The zero-order valence-electron chi connectivity index (χ0n) is 15.1. The zero-order valence-corrected chi connectivity index (χ0v) is 15.9. The molecule has 3 amide bonds. The van der Waals surface area contributed by atoms with E-state index in [1.807, 2.05) is 17.5 Å². The number of carbonyl (C=O) groups is 3. The molecule has 1 saturated carbocycles. The van der Waals surface area contributed by atoms with Gasteiger partial charge in [0.15, 0.2) is 0 Å². The third-order valence-electron chi connectivity index (χ3n) is 5.47. The zero-order chi connectivity index (χ0) is 19.0. The Bertz CT molecular complexity index is 839. The van der Waals surface area contributed by atoms with Crippen LogP contribution in [0.3, 0.4) is 0 Å². The molecule has 1 saturated heterocycles. The monoisotopic (exact) mass is 383 g/mol. The molecule has 2 heterocycles. The number of likely N-dealkylation sites (tertiary alicyclic amines) is 1. The molecule has 6 nitrogen and oxygen atoms in total. The largest absolute Gasteiger partial charge is 0.324 e. The van der Waals surface area contributed by atoms with Gasteiger partial charge in [-0.1, -0.05) is 12.8 Å². The molecule has 1 N–H and O–H groups in total. The van der Waals surface area contributed by atoms with Crippen LogP contribution < -0.4 is 5.32 Å². The average Bonchev–Trinajstić information content (AvgIpc) is 3.30. The number of hydrogen-bond donors (Lipinski definition) is 1. The van der Waals surface area contributed by atoms with Crippen LogP contribution in [0.15, 0.2) is 35.8 Å². The van der Waals surface area contributed by atoms with Crippen LogP contribution in [0.2, 0.25) is 0 Å². The first-order valence-electron chi connectivity index (χ1n) is 9.24. The fraction of sp³-hybridized carbons (Fsp3) is 0.400. The lowest BCUT2D eigenvalue weighted by atomic mass is 9.81. The van der Waals surface area contributed by atoms with Crippen LogP contribution in [0.4, 0.5) is 5.69 Å². The van der Waals surface area contributed by atoms with E-state index in [-0.39, 0.29) is 29.6 Å². The van der Waals surface area contributed by atoms with Gasteiger partial charge < -0.3 is 5.32 Å². The summed E-state index contributed by atoms with van der Waals surface area (Å²) in [4.78, 5) is 43.4. The van der Waals surface area contributed by atoms with Crippen molar-refractivity contribution >= 4 is 34.7 Å². The first kappa shape index (κ1) is 17.9. The van der Waals surface area contributed by atoms with E-state index in [0.717, 1.165) is 36.3 Å². The predicted octanol–water partition coefficient (Wildman–Crippen LogP) is 3.31. The summed E-state index contributed by atoms with van der Waals surface area (Å²) in [5, 5.41) is 5.64. The van der Waals surface area contributed by atoms with Crippen molar-refractivity contribution in [2.45, 2.75) is 38.6 Å². The maximum Gasteiger partial charge on any atom is 0.247 e. The molecule has 4 rings (SSSR count). The second-order valence-corrected chi connectivity index (χ2v) is 8.02. The summed E-state index contributed by atoms with van der Waals surface area (Å²) in [6.07, 6.45) is 5.19. The van der Waals surface area contributed by atoms with E-state index in [0.29, 0.717) is 5.69 Å². The van der Waals surface area contributed by atoms with E-state index in [1.54, 1.807) is 36.6 Å². The molecule has 0 radical (unpaired) electrons. The Morgan fingerprint density at radius 2 is 1.78 bits per heavy atom. The third kappa shape index (κ3) is 3.27. The summed E-state index contributed by atoms with van der Waals surface area (Å²) in [5.74, 6) is -1.20. The first-order valence-corrected chi connectivity index (χ1v) is 10.1. The number of nitrogens with one attached hydrogen (secondary N) is 1. The Hall–Kier alpha value is -2.54. The van der Waals surface area contributed by atoms with Crippen molar-refractivity contribution < 1.29 is 14.4 Å². The van der Waals surface area contributed by atoms with Crippen molar-refractivity contribution in [1.29, 1.82) is 0 Å². The predicted molar refractivity (Wildman–Crippen MR) is 103 cm³/mol. The minimum atomic E-state index is -0.811. The smallest absolute Gasteiger partial charge is 0.247 e. The molecule has 7 heteroatoms. The van der Waals surface area contributed by atoms with Crippen LogP contribution in [-0.2, 0) is 14.4 Å². The summed E-state index contributed by atoms with van der Waals surface area (Å²) >= 11 is 1.55. The van der Waals surface area contributed by atoms with Gasteiger partial charge in [0.05, 0.1) is 11.8 Å². The van der Waals surface area contributed by atoms with Crippen molar-refractivity contribution in [3.63, 3.8) is 0 Å². The van der Waals surface area contributed by atoms with Crippen molar-refractivity contribution in [1.82, 2.24) is 9.88 Å². The standard InChI is InChI=1S/C20H21N3O3S/c1-12(23-19(25)15-4-2-3-5-16(15)20(23)26)17(24)22-14-8-6-13(7-9-14)18-21-10-11-27-18/h6-12,15-16H,2-5H2,1H3,(H,22,24). The topological polar surface area (TPSA) is 79.4 Å². The number of anilines is 1. The van der Waals surface area contributed by atoms with Gasteiger partial charge in [-0.25, -0.2) is 4.98 Å². The van der Waals surface area contributed by atoms with Crippen LogP contribution in [0.25, 0.3) is 10.6 Å². The molecule has 3 atom stereocenters. The summed E-state index contributed by atoms with van der Waals surface area (Å²) in [7, 11) is 0. The fourth-order valence-corrected chi connectivity index (χ4v) is 4.64. The van der Waals surface area contributed by atoms with Crippen LogP contribution in [0, 0.1) is 11.8 Å². The number of amides is 3. The van der Waals surface area contributed by atoms with Gasteiger partial charge in [-0.05, 0) is 44.0 Å². The summed E-state index contributed by atoms with van der Waals surface area (Å²) in [5.41, 5.74) is 1.61. The molecule has 2 aliphatic rings. The minimum Gasteiger partial charge on any atom is -0.324 e. The molecule has 2 fully saturated rings. The number of aromatic nitrogens is 1. The summed E-state index contributed by atoms with van der Waals surface area (Å²) in [6, 6.07) is 6.57. The van der Waals surface area contributed by atoms with Crippen molar-refractivity contribution in [2.75, 3.05) is 5.32 Å². The van der Waals surface area contributed by atoms with Gasteiger partial charge in [0, 0.05) is 22.8 Å². The fourth-order valence-electron chi connectivity index (χ4n) is 4.00. The van der Waals surface area contributed by atoms with Gasteiger partial charge in [-0.3, -0.25) is 19.3 Å². The Labute approximate surface area is 161 Å². The first-order chi connectivity index (χ1) is 13.1. The number of hydrogen-bond acceptors (Lipinski definition) is 5. The number of imide groups is 1. The highest BCUT2D eigenvalue weighted by atomic mass is 32.1. The van der Waals surface area contributed by atoms with Crippen LogP contribution in [0.5, 0.6) is 0 Å². The van der Waals surface area contributed by atoms with Crippen LogP contribution >= 0.6 is 11.3 Å². The van der Waals surface area contributed by atoms with E-state index >= 15 is 0 Å². The van der Waals surface area contributed by atoms with Gasteiger partial charge in [-0.15, -0.1) is 11.3 Å². The molecule has 1 aliphatic carbocycles. The highest BCUT2D eigenvalue weighted by Crippen LogP contribution is 2.39. The lowest BCUT2D eigenvalue weighted by Crippen LogP contribution is -2.46. The molecule has 140 valence electrons. The van der Waals surface area contributed by atoms with E-state index in [9.17, 15) is 14.4 Å². The Morgan fingerprint density at radius 3 is 2.33 bits per heavy atom. The Kier molecular flexibility index (Phi) is 4.78. The molecule has 1 aromatic carbocycles. The van der Waals surface area contributed by atoms with E-state index in [4.69, 9.17) is 0 Å².